The normalized spacial score (nSPS) is 15.7. The summed E-state index contributed by atoms with van der Waals surface area (Å²) < 4.78 is 5.42. The maximum Gasteiger partial charge on any atom is 0.222 e. The number of benzene rings is 1. The van der Waals surface area contributed by atoms with Crippen LogP contribution < -0.4 is 10.5 Å². The predicted octanol–water partition coefficient (Wildman–Crippen LogP) is 0.737. The van der Waals surface area contributed by atoms with E-state index in [2.05, 4.69) is 4.90 Å². The Balaban J connectivity index is 1.79. The summed E-state index contributed by atoms with van der Waals surface area (Å²) in [6, 6.07) is 5.72. The summed E-state index contributed by atoms with van der Waals surface area (Å²) in [5, 5.41) is 8.94. The van der Waals surface area contributed by atoms with Gasteiger partial charge in [0.05, 0.1) is 18.9 Å². The molecule has 0 radical (unpaired) electrons. The molecule has 1 aromatic carbocycles. The number of anilines is 1. The van der Waals surface area contributed by atoms with Gasteiger partial charge in [-0.15, -0.1) is 0 Å². The number of nitrogen functional groups attached to an aromatic ring is 1. The zero-order chi connectivity index (χ0) is 16.7. The van der Waals surface area contributed by atoms with Crippen LogP contribution in [0.5, 0.6) is 5.75 Å². The molecule has 0 spiro atoms. The molecular formula is C17H27N3O3. The fourth-order valence-electron chi connectivity index (χ4n) is 2.81. The molecule has 0 aliphatic carbocycles. The first-order chi connectivity index (χ1) is 11.1. The number of hydrogen-bond acceptors (Lipinski definition) is 5. The van der Waals surface area contributed by atoms with Crippen LogP contribution in [-0.4, -0.2) is 66.8 Å². The van der Waals surface area contributed by atoms with Crippen molar-refractivity contribution >= 4 is 11.6 Å². The van der Waals surface area contributed by atoms with Gasteiger partial charge in [0.2, 0.25) is 5.91 Å². The smallest absolute Gasteiger partial charge is 0.222 e. The maximum absolute atomic E-state index is 12.3. The number of nitrogens with two attached hydrogens (primary N) is 1. The van der Waals surface area contributed by atoms with Crippen LogP contribution in [0.3, 0.4) is 0 Å². The van der Waals surface area contributed by atoms with Crippen LogP contribution in [0, 0.1) is 0 Å². The topological polar surface area (TPSA) is 79.0 Å². The molecule has 0 unspecified atom stereocenters. The van der Waals surface area contributed by atoms with Crippen molar-refractivity contribution in [3.8, 4) is 5.75 Å². The molecular weight excluding hydrogens is 294 g/mol. The quantitative estimate of drug-likeness (QED) is 0.724. The van der Waals surface area contributed by atoms with Crippen LogP contribution >= 0.6 is 0 Å². The Labute approximate surface area is 137 Å². The number of carbonyl (C=O) groups excluding carboxylic acids is 1. The minimum atomic E-state index is 0.174. The summed E-state index contributed by atoms with van der Waals surface area (Å²) in [6.07, 6.45) is 1.18. The SMILES string of the molecule is CCOc1ccc(CCC(=O)N2CCN(CCO)CC2)cc1N. The number of carbonyl (C=O) groups is 1. The van der Waals surface area contributed by atoms with Crippen LogP contribution in [-0.2, 0) is 11.2 Å². The maximum atomic E-state index is 12.3. The Kier molecular flexibility index (Phi) is 6.67. The Morgan fingerprint density at radius 3 is 2.65 bits per heavy atom. The molecule has 1 fully saturated rings. The second-order valence-electron chi connectivity index (χ2n) is 5.75. The Morgan fingerprint density at radius 1 is 1.30 bits per heavy atom. The molecule has 0 bridgehead atoms. The standard InChI is InChI=1S/C17H27N3O3/c1-2-23-16-5-3-14(13-15(16)18)4-6-17(22)20-9-7-19(8-10-20)11-12-21/h3,5,13,21H,2,4,6-12,18H2,1H3. The van der Waals surface area contributed by atoms with E-state index in [1.807, 2.05) is 30.0 Å². The first-order valence-corrected chi connectivity index (χ1v) is 8.26. The van der Waals surface area contributed by atoms with E-state index in [-0.39, 0.29) is 12.5 Å². The minimum Gasteiger partial charge on any atom is -0.492 e. The van der Waals surface area contributed by atoms with E-state index in [4.69, 9.17) is 15.6 Å². The van der Waals surface area contributed by atoms with Gasteiger partial charge in [-0.2, -0.15) is 0 Å². The number of aryl methyl sites for hydroxylation is 1. The summed E-state index contributed by atoms with van der Waals surface area (Å²) in [6.45, 7) is 6.52. The molecule has 1 aromatic rings. The molecule has 1 aliphatic rings. The number of ether oxygens (including phenoxy) is 1. The third-order valence-electron chi connectivity index (χ3n) is 4.14. The lowest BCUT2D eigenvalue weighted by molar-refractivity contribution is -0.132. The first-order valence-electron chi connectivity index (χ1n) is 8.26. The predicted molar refractivity (Wildman–Crippen MR) is 90.5 cm³/mol. The number of β-amino-alcohol motifs (C(OH)–C–C–N with tert-alkyl or cyclic N) is 1. The highest BCUT2D eigenvalue weighted by Gasteiger charge is 2.20. The van der Waals surface area contributed by atoms with Gasteiger partial charge in [-0.3, -0.25) is 9.69 Å². The Morgan fingerprint density at radius 2 is 2.04 bits per heavy atom. The molecule has 1 saturated heterocycles. The Hall–Kier alpha value is -1.79. The number of hydrogen-bond donors (Lipinski definition) is 2. The fraction of sp³-hybridized carbons (Fsp3) is 0.588. The molecule has 3 N–H and O–H groups in total. The lowest BCUT2D eigenvalue weighted by Gasteiger charge is -2.34. The number of rotatable bonds is 7. The monoisotopic (exact) mass is 321 g/mol. The molecule has 2 rings (SSSR count). The van der Waals surface area contributed by atoms with Gasteiger partial charge < -0.3 is 20.5 Å². The van der Waals surface area contributed by atoms with E-state index in [0.717, 1.165) is 31.7 Å². The number of nitrogens with zero attached hydrogens (tertiary/aromatic N) is 2. The molecule has 1 amide bonds. The summed E-state index contributed by atoms with van der Waals surface area (Å²) in [5.41, 5.74) is 7.63. The van der Waals surface area contributed by atoms with Gasteiger partial charge in [0.15, 0.2) is 0 Å². The molecule has 0 saturated carbocycles. The third-order valence-corrected chi connectivity index (χ3v) is 4.14. The van der Waals surface area contributed by atoms with E-state index < -0.39 is 0 Å². The molecule has 1 aliphatic heterocycles. The van der Waals surface area contributed by atoms with E-state index in [1.165, 1.54) is 0 Å². The largest absolute Gasteiger partial charge is 0.492 e. The molecule has 0 aromatic heterocycles. The van der Waals surface area contributed by atoms with Gasteiger partial charge in [0.25, 0.3) is 0 Å². The lowest BCUT2D eigenvalue weighted by atomic mass is 10.1. The second kappa shape index (κ2) is 8.74. The van der Waals surface area contributed by atoms with Gasteiger partial charge in [-0.05, 0) is 31.0 Å². The zero-order valence-corrected chi connectivity index (χ0v) is 13.8. The summed E-state index contributed by atoms with van der Waals surface area (Å²) in [7, 11) is 0. The van der Waals surface area contributed by atoms with Crippen molar-refractivity contribution in [2.24, 2.45) is 0 Å². The van der Waals surface area contributed by atoms with Crippen molar-refractivity contribution in [1.29, 1.82) is 0 Å². The highest BCUT2D eigenvalue weighted by Crippen LogP contribution is 2.23. The van der Waals surface area contributed by atoms with E-state index in [0.29, 0.717) is 37.4 Å². The molecule has 1 heterocycles. The van der Waals surface area contributed by atoms with Crippen molar-refractivity contribution in [3.05, 3.63) is 23.8 Å². The minimum absolute atomic E-state index is 0.174. The van der Waals surface area contributed by atoms with Gasteiger partial charge in [-0.1, -0.05) is 6.07 Å². The molecule has 23 heavy (non-hydrogen) atoms. The number of aliphatic hydroxyl groups is 1. The summed E-state index contributed by atoms with van der Waals surface area (Å²) in [4.78, 5) is 16.4. The van der Waals surface area contributed by atoms with Gasteiger partial charge >= 0.3 is 0 Å². The summed E-state index contributed by atoms with van der Waals surface area (Å²) >= 11 is 0. The number of piperazine rings is 1. The average molecular weight is 321 g/mol. The molecule has 6 nitrogen and oxygen atoms in total. The van der Waals surface area contributed by atoms with Gasteiger partial charge in [-0.25, -0.2) is 0 Å². The van der Waals surface area contributed by atoms with Crippen LogP contribution in [0.1, 0.15) is 18.9 Å². The van der Waals surface area contributed by atoms with E-state index >= 15 is 0 Å². The highest BCUT2D eigenvalue weighted by atomic mass is 16.5. The van der Waals surface area contributed by atoms with Crippen molar-refractivity contribution in [3.63, 3.8) is 0 Å². The average Bonchev–Trinajstić information content (AvgIpc) is 2.56. The highest BCUT2D eigenvalue weighted by molar-refractivity contribution is 5.76. The van der Waals surface area contributed by atoms with Crippen LogP contribution in [0.2, 0.25) is 0 Å². The van der Waals surface area contributed by atoms with Crippen molar-refractivity contribution in [1.82, 2.24) is 9.80 Å². The molecule has 128 valence electrons. The summed E-state index contributed by atoms with van der Waals surface area (Å²) in [5.74, 6) is 0.878. The third kappa shape index (κ3) is 5.11. The number of amides is 1. The molecule has 0 atom stereocenters. The fourth-order valence-corrected chi connectivity index (χ4v) is 2.81. The van der Waals surface area contributed by atoms with Crippen LogP contribution in [0.4, 0.5) is 5.69 Å². The molecule has 6 heteroatoms. The van der Waals surface area contributed by atoms with Gasteiger partial charge in [0.1, 0.15) is 5.75 Å². The Bertz CT molecular complexity index is 514. The lowest BCUT2D eigenvalue weighted by Crippen LogP contribution is -2.49. The van der Waals surface area contributed by atoms with Crippen LogP contribution in [0.15, 0.2) is 18.2 Å². The van der Waals surface area contributed by atoms with Crippen molar-refractivity contribution < 1.29 is 14.6 Å². The second-order valence-corrected chi connectivity index (χ2v) is 5.75. The number of aliphatic hydroxyl groups excluding tert-OH is 1. The zero-order valence-electron chi connectivity index (χ0n) is 13.8. The first kappa shape index (κ1) is 17.6. The van der Waals surface area contributed by atoms with Crippen molar-refractivity contribution in [2.75, 3.05) is 51.7 Å². The van der Waals surface area contributed by atoms with E-state index in [9.17, 15) is 4.79 Å². The van der Waals surface area contributed by atoms with E-state index in [1.54, 1.807) is 0 Å². The van der Waals surface area contributed by atoms with Gasteiger partial charge in [0, 0.05) is 39.1 Å². The van der Waals surface area contributed by atoms with Crippen molar-refractivity contribution in [2.45, 2.75) is 19.8 Å². The van der Waals surface area contributed by atoms with Crippen LogP contribution in [0.25, 0.3) is 0 Å².